The summed E-state index contributed by atoms with van der Waals surface area (Å²) < 4.78 is 38.2. The van der Waals surface area contributed by atoms with Crippen LogP contribution in [0.15, 0.2) is 41.3 Å². The topological polar surface area (TPSA) is 142 Å². The Morgan fingerprint density at radius 3 is 2.52 bits per heavy atom. The number of sulfonamides is 1. The molecule has 0 saturated carbocycles. The number of hydrogen-bond donors (Lipinski definition) is 2. The van der Waals surface area contributed by atoms with Crippen LogP contribution in [0, 0.1) is 0 Å². The minimum absolute atomic E-state index is 0.000746. The highest BCUT2D eigenvalue weighted by atomic mass is 32.2. The molecule has 29 heavy (non-hydrogen) atoms. The highest BCUT2D eigenvalue weighted by Gasteiger charge is 2.33. The molecule has 0 aromatic heterocycles. The monoisotopic (exact) mass is 419 g/mol. The van der Waals surface area contributed by atoms with Crippen LogP contribution in [0.25, 0.3) is 0 Å². The number of nitrogens with two attached hydrogens (primary N) is 2. The second-order valence-corrected chi connectivity index (χ2v) is 8.40. The molecule has 1 heterocycles. The number of carbonyl (C=O) groups is 2. The van der Waals surface area contributed by atoms with Gasteiger partial charge in [0.2, 0.25) is 21.8 Å². The van der Waals surface area contributed by atoms with E-state index in [1.165, 1.54) is 29.6 Å². The minimum atomic E-state index is -3.88. The van der Waals surface area contributed by atoms with E-state index in [0.717, 1.165) is 5.56 Å². The fraction of sp³-hybridized carbons (Fsp3) is 0.263. The molecule has 0 fully saturated rings. The molecule has 9 nitrogen and oxygen atoms in total. The summed E-state index contributed by atoms with van der Waals surface area (Å²) in [6.45, 7) is 0.162. The van der Waals surface area contributed by atoms with Crippen molar-refractivity contribution in [1.82, 2.24) is 4.31 Å². The van der Waals surface area contributed by atoms with Crippen molar-refractivity contribution in [1.29, 1.82) is 0 Å². The van der Waals surface area contributed by atoms with Crippen LogP contribution in [0.4, 0.5) is 0 Å². The first kappa shape index (κ1) is 20.6. The lowest BCUT2D eigenvalue weighted by Gasteiger charge is -2.17. The standard InChI is InChI=1S/C19H21N3O6S/c1-27-16-6-5-13(9-17(16)28-8-7-18(20)23)29(25,26)22-10-12-3-2-4-14(19(21)24)15(12)11-22/h2-6,9H,7-8,10-11H2,1H3,(H2,20,23)(H2,21,24). The zero-order chi connectivity index (χ0) is 21.2. The third-order valence-electron chi connectivity index (χ3n) is 4.60. The number of rotatable bonds is 8. The van der Waals surface area contributed by atoms with Gasteiger partial charge in [0, 0.05) is 24.7 Å². The van der Waals surface area contributed by atoms with E-state index in [1.807, 2.05) is 0 Å². The quantitative estimate of drug-likeness (QED) is 0.647. The molecule has 3 rings (SSSR count). The van der Waals surface area contributed by atoms with Gasteiger partial charge in [0.1, 0.15) is 0 Å². The second kappa shape index (κ2) is 8.10. The van der Waals surface area contributed by atoms with Crippen LogP contribution in [0.5, 0.6) is 11.5 Å². The van der Waals surface area contributed by atoms with Crippen molar-refractivity contribution in [2.24, 2.45) is 11.5 Å². The highest BCUT2D eigenvalue weighted by molar-refractivity contribution is 7.89. The molecule has 0 unspecified atom stereocenters. The number of amides is 2. The molecule has 0 radical (unpaired) electrons. The van der Waals surface area contributed by atoms with Crippen LogP contribution in [0.3, 0.4) is 0 Å². The van der Waals surface area contributed by atoms with E-state index in [2.05, 4.69) is 0 Å². The molecule has 2 aromatic carbocycles. The molecular weight excluding hydrogens is 398 g/mol. The predicted octanol–water partition coefficient (Wildman–Crippen LogP) is 0.753. The maximum absolute atomic E-state index is 13.2. The summed E-state index contributed by atoms with van der Waals surface area (Å²) in [6, 6.07) is 9.25. The van der Waals surface area contributed by atoms with Gasteiger partial charge in [0.05, 0.1) is 25.0 Å². The third kappa shape index (κ3) is 4.17. The summed E-state index contributed by atoms with van der Waals surface area (Å²) in [5, 5.41) is 0. The molecule has 1 aliphatic rings. The van der Waals surface area contributed by atoms with Gasteiger partial charge in [0.15, 0.2) is 11.5 Å². The second-order valence-electron chi connectivity index (χ2n) is 6.46. The molecule has 154 valence electrons. The van der Waals surface area contributed by atoms with Gasteiger partial charge in [-0.25, -0.2) is 8.42 Å². The smallest absolute Gasteiger partial charge is 0.249 e. The lowest BCUT2D eigenvalue weighted by atomic mass is 10.0. The van der Waals surface area contributed by atoms with Crippen LogP contribution in [-0.2, 0) is 27.9 Å². The average Bonchev–Trinajstić information content (AvgIpc) is 3.12. The Labute approximate surface area is 168 Å². The van der Waals surface area contributed by atoms with Crippen molar-refractivity contribution in [3.8, 4) is 11.5 Å². The van der Waals surface area contributed by atoms with Crippen molar-refractivity contribution in [3.63, 3.8) is 0 Å². The first-order valence-corrected chi connectivity index (χ1v) is 10.2. The Bertz CT molecular complexity index is 1070. The summed E-state index contributed by atoms with van der Waals surface area (Å²) in [6.07, 6.45) is -0.0164. The molecule has 2 amide bonds. The number of methoxy groups -OCH3 is 1. The van der Waals surface area contributed by atoms with E-state index >= 15 is 0 Å². The van der Waals surface area contributed by atoms with Crippen molar-refractivity contribution >= 4 is 21.8 Å². The zero-order valence-electron chi connectivity index (χ0n) is 15.8. The van der Waals surface area contributed by atoms with Crippen molar-refractivity contribution < 1.29 is 27.5 Å². The van der Waals surface area contributed by atoms with E-state index in [0.29, 0.717) is 16.9 Å². The Kier molecular flexibility index (Phi) is 5.76. The molecule has 0 bridgehead atoms. The molecule has 0 atom stereocenters. The maximum atomic E-state index is 13.2. The van der Waals surface area contributed by atoms with Crippen molar-refractivity contribution in [2.75, 3.05) is 13.7 Å². The first-order valence-electron chi connectivity index (χ1n) is 8.74. The molecule has 0 aliphatic carbocycles. The van der Waals surface area contributed by atoms with Crippen molar-refractivity contribution in [3.05, 3.63) is 53.1 Å². The van der Waals surface area contributed by atoms with Gasteiger partial charge in [-0.3, -0.25) is 9.59 Å². The Hall–Kier alpha value is -3.11. The number of ether oxygens (including phenoxy) is 2. The van der Waals surface area contributed by atoms with Crippen LogP contribution in [0.1, 0.15) is 27.9 Å². The van der Waals surface area contributed by atoms with Crippen molar-refractivity contribution in [2.45, 2.75) is 24.4 Å². The molecule has 4 N–H and O–H groups in total. The van der Waals surface area contributed by atoms with Gasteiger partial charge in [-0.15, -0.1) is 0 Å². The summed E-state index contributed by atoms with van der Waals surface area (Å²) in [4.78, 5) is 22.5. The number of nitrogens with zero attached hydrogens (tertiary/aromatic N) is 1. The molecule has 0 saturated heterocycles. The number of benzene rings is 2. The summed E-state index contributed by atoms with van der Waals surface area (Å²) in [5.41, 5.74) is 12.2. The Balaban J connectivity index is 1.89. The summed E-state index contributed by atoms with van der Waals surface area (Å²) >= 11 is 0. The Morgan fingerprint density at radius 1 is 1.10 bits per heavy atom. The highest BCUT2D eigenvalue weighted by Crippen LogP contribution is 2.34. The van der Waals surface area contributed by atoms with Gasteiger partial charge >= 0.3 is 0 Å². The summed E-state index contributed by atoms with van der Waals surface area (Å²) in [7, 11) is -2.46. The predicted molar refractivity (Wildman–Crippen MR) is 104 cm³/mol. The zero-order valence-corrected chi connectivity index (χ0v) is 16.6. The molecule has 0 spiro atoms. The van der Waals surface area contributed by atoms with E-state index in [9.17, 15) is 18.0 Å². The van der Waals surface area contributed by atoms with Crippen LogP contribution in [-0.4, -0.2) is 38.3 Å². The lowest BCUT2D eigenvalue weighted by Crippen LogP contribution is -2.26. The van der Waals surface area contributed by atoms with Crippen LogP contribution >= 0.6 is 0 Å². The number of carbonyl (C=O) groups excluding carboxylic acids is 2. The first-order chi connectivity index (χ1) is 13.7. The maximum Gasteiger partial charge on any atom is 0.249 e. The largest absolute Gasteiger partial charge is 0.493 e. The SMILES string of the molecule is COc1ccc(S(=O)(=O)N2Cc3cccc(C(N)=O)c3C2)cc1OCCC(N)=O. The molecule has 10 heteroatoms. The van der Waals surface area contributed by atoms with E-state index in [4.69, 9.17) is 20.9 Å². The van der Waals surface area contributed by atoms with Gasteiger partial charge in [-0.1, -0.05) is 12.1 Å². The number of fused-ring (bicyclic) bond motifs is 1. The van der Waals surface area contributed by atoms with Crippen LogP contribution in [0.2, 0.25) is 0 Å². The third-order valence-corrected chi connectivity index (χ3v) is 6.39. The summed E-state index contributed by atoms with van der Waals surface area (Å²) in [5.74, 6) is -0.623. The van der Waals surface area contributed by atoms with Gasteiger partial charge in [-0.05, 0) is 29.3 Å². The number of hydrogen-bond acceptors (Lipinski definition) is 6. The molecular formula is C19H21N3O6S. The average molecular weight is 419 g/mol. The fourth-order valence-electron chi connectivity index (χ4n) is 3.13. The Morgan fingerprint density at radius 2 is 1.86 bits per heavy atom. The van der Waals surface area contributed by atoms with Gasteiger partial charge < -0.3 is 20.9 Å². The number of primary amides is 2. The molecule has 2 aromatic rings. The lowest BCUT2D eigenvalue weighted by molar-refractivity contribution is -0.118. The normalized spacial score (nSPS) is 13.7. The van der Waals surface area contributed by atoms with Crippen LogP contribution < -0.4 is 20.9 Å². The minimum Gasteiger partial charge on any atom is -0.493 e. The molecule has 1 aliphatic heterocycles. The van der Waals surface area contributed by atoms with Gasteiger partial charge in [-0.2, -0.15) is 4.31 Å². The van der Waals surface area contributed by atoms with E-state index in [1.54, 1.807) is 18.2 Å². The van der Waals surface area contributed by atoms with E-state index in [-0.39, 0.29) is 36.8 Å². The fourth-order valence-corrected chi connectivity index (χ4v) is 4.54. The van der Waals surface area contributed by atoms with E-state index < -0.39 is 21.8 Å². The van der Waals surface area contributed by atoms with Gasteiger partial charge in [0.25, 0.3) is 0 Å².